The number of nitrogens with zero attached hydrogens (tertiary/aromatic N) is 2. The number of halogens is 2. The number of aliphatic hydroxyl groups is 1. The third kappa shape index (κ3) is 7.56. The molecule has 3 rings (SSSR count). The lowest BCUT2D eigenvalue weighted by Gasteiger charge is -2.30. The summed E-state index contributed by atoms with van der Waals surface area (Å²) in [5.41, 5.74) is 3.70. The highest BCUT2D eigenvalue weighted by atomic mass is 127. The van der Waals surface area contributed by atoms with E-state index in [1.807, 2.05) is 6.92 Å². The molecular formula is C22H30FIN4O. The Kier molecular flexibility index (Phi) is 9.83. The number of hydrogen-bond acceptors (Lipinski definition) is 3. The van der Waals surface area contributed by atoms with Crippen molar-refractivity contribution in [2.75, 3.05) is 26.2 Å². The second-order valence-electron chi connectivity index (χ2n) is 7.11. The summed E-state index contributed by atoms with van der Waals surface area (Å²) in [7, 11) is 0. The normalized spacial score (nSPS) is 15.2. The van der Waals surface area contributed by atoms with Gasteiger partial charge in [-0.25, -0.2) is 9.38 Å². The van der Waals surface area contributed by atoms with Crippen molar-refractivity contribution >= 4 is 29.9 Å². The summed E-state index contributed by atoms with van der Waals surface area (Å²) in [5, 5.41) is 16.8. The van der Waals surface area contributed by atoms with Crippen molar-refractivity contribution in [2.45, 2.75) is 32.5 Å². The first kappa shape index (κ1) is 23.6. The first-order chi connectivity index (χ1) is 13.6. The predicted octanol–water partition coefficient (Wildman–Crippen LogP) is 2.92. The minimum Gasteiger partial charge on any atom is -0.390 e. The van der Waals surface area contributed by atoms with E-state index < -0.39 is 6.10 Å². The van der Waals surface area contributed by atoms with Gasteiger partial charge in [0.2, 0.25) is 0 Å². The molecule has 0 saturated heterocycles. The molecule has 7 heteroatoms. The van der Waals surface area contributed by atoms with Gasteiger partial charge in [-0.05, 0) is 42.2 Å². The van der Waals surface area contributed by atoms with E-state index >= 15 is 0 Å². The van der Waals surface area contributed by atoms with Crippen LogP contribution in [0.3, 0.4) is 0 Å². The lowest BCUT2D eigenvalue weighted by molar-refractivity contribution is 0.108. The van der Waals surface area contributed by atoms with Gasteiger partial charge in [-0.2, -0.15) is 0 Å². The number of guanidine groups is 1. The van der Waals surface area contributed by atoms with Gasteiger partial charge in [0.05, 0.1) is 12.6 Å². The number of rotatable bonds is 7. The standard InChI is InChI=1S/C22H29FN4O.HI/c1-2-24-22(25-13-17-7-9-20(23)10-8-17)26-14-21(28)16-27-12-11-18-5-3-4-6-19(18)15-27;/h3-10,21,28H,2,11-16H2,1H3,(H2,24,25,26);1H. The first-order valence-electron chi connectivity index (χ1n) is 9.88. The van der Waals surface area contributed by atoms with E-state index in [1.54, 1.807) is 12.1 Å². The Morgan fingerprint density at radius 2 is 1.86 bits per heavy atom. The summed E-state index contributed by atoms with van der Waals surface area (Å²) in [6, 6.07) is 14.8. The second kappa shape index (κ2) is 12.1. The number of aliphatic hydroxyl groups excluding tert-OH is 1. The molecule has 0 bridgehead atoms. The largest absolute Gasteiger partial charge is 0.390 e. The van der Waals surface area contributed by atoms with E-state index in [9.17, 15) is 9.50 Å². The summed E-state index contributed by atoms with van der Waals surface area (Å²) in [5.74, 6) is 0.399. The minimum absolute atomic E-state index is 0. The van der Waals surface area contributed by atoms with Crippen molar-refractivity contribution in [2.24, 2.45) is 4.99 Å². The first-order valence-corrected chi connectivity index (χ1v) is 9.88. The Bertz CT molecular complexity index is 785. The van der Waals surface area contributed by atoms with Gasteiger partial charge in [-0.3, -0.25) is 4.90 Å². The molecule has 0 spiro atoms. The van der Waals surface area contributed by atoms with Crippen molar-refractivity contribution in [3.8, 4) is 0 Å². The molecule has 1 heterocycles. The Morgan fingerprint density at radius 3 is 2.59 bits per heavy atom. The number of fused-ring (bicyclic) bond motifs is 1. The van der Waals surface area contributed by atoms with Crippen LogP contribution < -0.4 is 10.6 Å². The molecule has 2 aromatic carbocycles. The van der Waals surface area contributed by atoms with Crippen LogP contribution >= 0.6 is 24.0 Å². The maximum absolute atomic E-state index is 13.0. The molecule has 0 amide bonds. The van der Waals surface area contributed by atoms with Crippen LogP contribution in [0.1, 0.15) is 23.6 Å². The molecule has 5 nitrogen and oxygen atoms in total. The fourth-order valence-corrected chi connectivity index (χ4v) is 3.39. The number of nitrogens with one attached hydrogen (secondary N) is 2. The van der Waals surface area contributed by atoms with Crippen LogP contribution in [0.5, 0.6) is 0 Å². The van der Waals surface area contributed by atoms with E-state index in [-0.39, 0.29) is 29.8 Å². The molecular weight excluding hydrogens is 482 g/mol. The Balaban J connectivity index is 0.00000300. The maximum atomic E-state index is 13.0. The topological polar surface area (TPSA) is 59.9 Å². The summed E-state index contributed by atoms with van der Waals surface area (Å²) < 4.78 is 13.0. The average molecular weight is 512 g/mol. The SMILES string of the molecule is CCNC(=NCc1ccc(F)cc1)NCC(O)CN1CCc2ccccc2C1.I. The van der Waals surface area contributed by atoms with Gasteiger partial charge in [0.15, 0.2) is 5.96 Å². The molecule has 1 atom stereocenters. The third-order valence-electron chi connectivity index (χ3n) is 4.86. The molecule has 0 fully saturated rings. The van der Waals surface area contributed by atoms with Gasteiger partial charge in [-0.15, -0.1) is 24.0 Å². The monoisotopic (exact) mass is 512 g/mol. The minimum atomic E-state index is -0.486. The molecule has 3 N–H and O–H groups in total. The van der Waals surface area contributed by atoms with E-state index in [1.165, 1.54) is 23.3 Å². The van der Waals surface area contributed by atoms with Crippen molar-refractivity contribution in [1.82, 2.24) is 15.5 Å². The molecule has 0 radical (unpaired) electrons. The molecule has 2 aromatic rings. The van der Waals surface area contributed by atoms with Crippen molar-refractivity contribution in [3.05, 3.63) is 71.0 Å². The maximum Gasteiger partial charge on any atom is 0.191 e. The van der Waals surface area contributed by atoms with Crippen LogP contribution in [-0.4, -0.2) is 48.2 Å². The summed E-state index contributed by atoms with van der Waals surface area (Å²) in [4.78, 5) is 6.80. The lowest BCUT2D eigenvalue weighted by atomic mass is 10.00. The average Bonchev–Trinajstić information content (AvgIpc) is 2.71. The van der Waals surface area contributed by atoms with Crippen LogP contribution in [-0.2, 0) is 19.5 Å². The zero-order valence-electron chi connectivity index (χ0n) is 16.8. The Morgan fingerprint density at radius 1 is 1.14 bits per heavy atom. The highest BCUT2D eigenvalue weighted by Gasteiger charge is 2.18. The molecule has 29 heavy (non-hydrogen) atoms. The predicted molar refractivity (Wildman–Crippen MR) is 126 cm³/mol. The van der Waals surface area contributed by atoms with Gasteiger partial charge in [0.25, 0.3) is 0 Å². The number of β-amino-alcohol motifs (C(OH)–C–C–N with tert-alkyl or cyclic N) is 1. The Hall–Kier alpha value is -1.71. The molecule has 0 aliphatic carbocycles. The van der Waals surface area contributed by atoms with Crippen LogP contribution in [0.15, 0.2) is 53.5 Å². The van der Waals surface area contributed by atoms with Crippen molar-refractivity contribution in [1.29, 1.82) is 0 Å². The van der Waals surface area contributed by atoms with E-state index in [0.29, 0.717) is 25.6 Å². The van der Waals surface area contributed by atoms with Crippen molar-refractivity contribution < 1.29 is 9.50 Å². The molecule has 158 valence electrons. The fraction of sp³-hybridized carbons (Fsp3) is 0.409. The third-order valence-corrected chi connectivity index (χ3v) is 4.86. The van der Waals surface area contributed by atoms with Crippen LogP contribution in [0, 0.1) is 5.82 Å². The molecule has 1 aliphatic heterocycles. The summed E-state index contributed by atoms with van der Waals surface area (Å²) in [6.45, 7) is 6.07. The highest BCUT2D eigenvalue weighted by molar-refractivity contribution is 14.0. The molecule has 1 aliphatic rings. The van der Waals surface area contributed by atoms with Crippen LogP contribution in [0.2, 0.25) is 0 Å². The van der Waals surface area contributed by atoms with Gasteiger partial charge in [0, 0.05) is 32.7 Å². The lowest BCUT2D eigenvalue weighted by Crippen LogP contribution is -2.45. The van der Waals surface area contributed by atoms with Gasteiger partial charge in [0.1, 0.15) is 5.82 Å². The van der Waals surface area contributed by atoms with Gasteiger partial charge < -0.3 is 15.7 Å². The fourth-order valence-electron chi connectivity index (χ4n) is 3.39. The van der Waals surface area contributed by atoms with Crippen LogP contribution in [0.4, 0.5) is 4.39 Å². The van der Waals surface area contributed by atoms with Gasteiger partial charge >= 0.3 is 0 Å². The summed E-state index contributed by atoms with van der Waals surface area (Å²) >= 11 is 0. The molecule has 0 aromatic heterocycles. The highest BCUT2D eigenvalue weighted by Crippen LogP contribution is 2.18. The zero-order valence-corrected chi connectivity index (χ0v) is 19.1. The quantitative estimate of drug-likeness (QED) is 0.304. The molecule has 0 saturated carbocycles. The number of aliphatic imine (C=N–C) groups is 1. The van der Waals surface area contributed by atoms with E-state index in [2.05, 4.69) is 44.8 Å². The molecule has 1 unspecified atom stereocenters. The smallest absolute Gasteiger partial charge is 0.191 e. The summed E-state index contributed by atoms with van der Waals surface area (Å²) in [6.07, 6.45) is 0.540. The van der Waals surface area contributed by atoms with E-state index in [4.69, 9.17) is 0 Å². The van der Waals surface area contributed by atoms with Crippen LogP contribution in [0.25, 0.3) is 0 Å². The zero-order chi connectivity index (χ0) is 19.8. The van der Waals surface area contributed by atoms with Gasteiger partial charge in [-0.1, -0.05) is 36.4 Å². The van der Waals surface area contributed by atoms with E-state index in [0.717, 1.165) is 31.6 Å². The Labute approximate surface area is 189 Å². The van der Waals surface area contributed by atoms with Crippen molar-refractivity contribution in [3.63, 3.8) is 0 Å². The number of hydrogen-bond donors (Lipinski definition) is 3. The second-order valence-corrected chi connectivity index (χ2v) is 7.11. The number of benzene rings is 2.